The van der Waals surface area contributed by atoms with Gasteiger partial charge in [-0.05, 0) is 18.9 Å². The van der Waals surface area contributed by atoms with E-state index in [2.05, 4.69) is 0 Å². The van der Waals surface area contributed by atoms with Crippen LogP contribution in [0.2, 0.25) is 0 Å². The maximum atomic E-state index is 12.1. The minimum atomic E-state index is -0.336. The molecular weight excluding hydrogens is 216 g/mol. The third-order valence-corrected chi connectivity index (χ3v) is 3.33. The van der Waals surface area contributed by atoms with Crippen molar-refractivity contribution in [2.45, 2.75) is 20.3 Å². The van der Waals surface area contributed by atoms with Gasteiger partial charge in [-0.15, -0.1) is 0 Å². The molecule has 0 radical (unpaired) electrons. The van der Waals surface area contributed by atoms with Crippen molar-refractivity contribution in [3.8, 4) is 0 Å². The lowest BCUT2D eigenvalue weighted by Crippen LogP contribution is -2.35. The fourth-order valence-electron chi connectivity index (χ4n) is 2.32. The second-order valence-electron chi connectivity index (χ2n) is 4.37. The molecule has 2 rings (SSSR count). The molecule has 0 N–H and O–H groups in total. The van der Waals surface area contributed by atoms with E-state index in [9.17, 15) is 9.59 Å². The monoisotopic (exact) mass is 232 g/mol. The molecule has 1 aromatic carbocycles. The summed E-state index contributed by atoms with van der Waals surface area (Å²) >= 11 is 0. The lowest BCUT2D eigenvalue weighted by Gasteiger charge is -2.27. The molecule has 0 aliphatic heterocycles. The normalized spacial score (nSPS) is 23.1. The van der Waals surface area contributed by atoms with Gasteiger partial charge in [0.15, 0.2) is 5.78 Å². The fraction of sp³-hybridized carbons (Fsp3) is 0.429. The SMILES string of the molecule is CCOC(=O)C1Cc2ccccc2C(=O)C1C. The summed E-state index contributed by atoms with van der Waals surface area (Å²) in [7, 11) is 0. The van der Waals surface area contributed by atoms with Crippen molar-refractivity contribution < 1.29 is 14.3 Å². The summed E-state index contributed by atoms with van der Waals surface area (Å²) in [6.45, 7) is 3.94. The van der Waals surface area contributed by atoms with Gasteiger partial charge >= 0.3 is 5.97 Å². The molecule has 1 aliphatic carbocycles. The van der Waals surface area contributed by atoms with Crippen molar-refractivity contribution in [2.75, 3.05) is 6.61 Å². The highest BCUT2D eigenvalue weighted by atomic mass is 16.5. The van der Waals surface area contributed by atoms with Crippen LogP contribution in [0.3, 0.4) is 0 Å². The Morgan fingerprint density at radius 1 is 1.41 bits per heavy atom. The first-order valence-electron chi connectivity index (χ1n) is 5.94. The van der Waals surface area contributed by atoms with Gasteiger partial charge in [0.25, 0.3) is 0 Å². The lowest BCUT2D eigenvalue weighted by atomic mass is 9.76. The van der Waals surface area contributed by atoms with E-state index in [0.717, 1.165) is 11.1 Å². The van der Waals surface area contributed by atoms with E-state index in [4.69, 9.17) is 4.74 Å². The fourth-order valence-corrected chi connectivity index (χ4v) is 2.32. The largest absolute Gasteiger partial charge is 0.466 e. The molecule has 17 heavy (non-hydrogen) atoms. The van der Waals surface area contributed by atoms with E-state index in [-0.39, 0.29) is 23.6 Å². The van der Waals surface area contributed by atoms with Crippen molar-refractivity contribution in [1.82, 2.24) is 0 Å². The number of Topliss-reactive ketones (excluding diaryl/α,β-unsaturated/α-hetero) is 1. The molecule has 0 saturated carbocycles. The Bertz CT molecular complexity index is 451. The van der Waals surface area contributed by atoms with E-state index in [1.165, 1.54) is 0 Å². The van der Waals surface area contributed by atoms with Gasteiger partial charge in [0.05, 0.1) is 12.5 Å². The zero-order valence-corrected chi connectivity index (χ0v) is 10.1. The maximum Gasteiger partial charge on any atom is 0.309 e. The molecule has 3 nitrogen and oxygen atoms in total. The number of esters is 1. The first-order valence-corrected chi connectivity index (χ1v) is 5.94. The van der Waals surface area contributed by atoms with E-state index >= 15 is 0 Å². The van der Waals surface area contributed by atoms with Gasteiger partial charge < -0.3 is 4.74 Å². The second kappa shape index (κ2) is 4.70. The predicted molar refractivity (Wildman–Crippen MR) is 63.8 cm³/mol. The van der Waals surface area contributed by atoms with Crippen LogP contribution in [0, 0.1) is 11.8 Å². The first-order chi connectivity index (χ1) is 8.15. The molecule has 1 aromatic rings. The van der Waals surface area contributed by atoms with Crippen LogP contribution in [-0.2, 0) is 16.0 Å². The summed E-state index contributed by atoms with van der Waals surface area (Å²) in [5.41, 5.74) is 1.70. The van der Waals surface area contributed by atoms with Crippen LogP contribution < -0.4 is 0 Å². The molecule has 0 saturated heterocycles. The topological polar surface area (TPSA) is 43.4 Å². The highest BCUT2D eigenvalue weighted by Crippen LogP contribution is 2.30. The molecule has 2 unspecified atom stereocenters. The number of benzene rings is 1. The van der Waals surface area contributed by atoms with E-state index < -0.39 is 0 Å². The van der Waals surface area contributed by atoms with Gasteiger partial charge in [0.1, 0.15) is 0 Å². The van der Waals surface area contributed by atoms with Crippen LogP contribution in [0.5, 0.6) is 0 Å². The smallest absolute Gasteiger partial charge is 0.309 e. The third kappa shape index (κ3) is 2.09. The van der Waals surface area contributed by atoms with Gasteiger partial charge in [-0.2, -0.15) is 0 Å². The van der Waals surface area contributed by atoms with Crippen molar-refractivity contribution in [3.05, 3.63) is 35.4 Å². The van der Waals surface area contributed by atoms with Crippen molar-refractivity contribution in [3.63, 3.8) is 0 Å². The number of rotatable bonds is 2. The molecule has 0 heterocycles. The summed E-state index contributed by atoms with van der Waals surface area (Å²) in [5, 5.41) is 0. The van der Waals surface area contributed by atoms with E-state index in [0.29, 0.717) is 13.0 Å². The average Bonchev–Trinajstić information content (AvgIpc) is 2.34. The van der Waals surface area contributed by atoms with Crippen LogP contribution >= 0.6 is 0 Å². The Kier molecular flexibility index (Phi) is 3.27. The summed E-state index contributed by atoms with van der Waals surface area (Å²) in [6, 6.07) is 7.49. The molecule has 0 fully saturated rings. The zero-order chi connectivity index (χ0) is 12.4. The Balaban J connectivity index is 2.31. The Morgan fingerprint density at radius 3 is 2.82 bits per heavy atom. The van der Waals surface area contributed by atoms with Gasteiger partial charge in [0, 0.05) is 11.5 Å². The van der Waals surface area contributed by atoms with E-state index in [1.807, 2.05) is 24.3 Å². The number of ether oxygens (including phenoxy) is 1. The van der Waals surface area contributed by atoms with Crippen molar-refractivity contribution in [1.29, 1.82) is 0 Å². The molecule has 0 aromatic heterocycles. The highest BCUT2D eigenvalue weighted by molar-refractivity contribution is 6.02. The van der Waals surface area contributed by atoms with Gasteiger partial charge in [-0.25, -0.2) is 0 Å². The van der Waals surface area contributed by atoms with Gasteiger partial charge in [-0.3, -0.25) is 9.59 Å². The minimum absolute atomic E-state index is 0.0462. The summed E-state index contributed by atoms with van der Waals surface area (Å²) < 4.78 is 5.02. The number of carbonyl (C=O) groups excluding carboxylic acids is 2. The molecular formula is C14H16O3. The maximum absolute atomic E-state index is 12.1. The molecule has 90 valence electrons. The standard InChI is InChI=1S/C14H16O3/c1-3-17-14(16)12-8-10-6-4-5-7-11(10)13(15)9(12)2/h4-7,9,12H,3,8H2,1-2H3. The molecule has 3 heteroatoms. The predicted octanol–water partition coefficient (Wildman–Crippen LogP) is 2.24. The van der Waals surface area contributed by atoms with Gasteiger partial charge in [0.2, 0.25) is 0 Å². The lowest BCUT2D eigenvalue weighted by molar-refractivity contribution is -0.149. The Morgan fingerprint density at radius 2 is 2.12 bits per heavy atom. The van der Waals surface area contributed by atoms with E-state index in [1.54, 1.807) is 13.8 Å². The van der Waals surface area contributed by atoms with Gasteiger partial charge in [-0.1, -0.05) is 31.2 Å². The van der Waals surface area contributed by atoms with Crippen LogP contribution in [0.25, 0.3) is 0 Å². The van der Waals surface area contributed by atoms with Crippen LogP contribution in [-0.4, -0.2) is 18.4 Å². The Hall–Kier alpha value is -1.64. The number of ketones is 1. The van der Waals surface area contributed by atoms with Crippen molar-refractivity contribution in [2.24, 2.45) is 11.8 Å². The molecule has 2 atom stereocenters. The molecule has 1 aliphatic rings. The summed E-state index contributed by atoms with van der Waals surface area (Å²) in [5.74, 6) is -0.839. The highest BCUT2D eigenvalue weighted by Gasteiger charge is 2.37. The average molecular weight is 232 g/mol. The molecule has 0 amide bonds. The van der Waals surface area contributed by atoms with Crippen LogP contribution in [0.15, 0.2) is 24.3 Å². The molecule has 0 bridgehead atoms. The van der Waals surface area contributed by atoms with Crippen LogP contribution in [0.4, 0.5) is 0 Å². The summed E-state index contributed by atoms with van der Waals surface area (Å²) in [6.07, 6.45) is 0.599. The number of carbonyl (C=O) groups is 2. The quantitative estimate of drug-likeness (QED) is 0.734. The second-order valence-corrected chi connectivity index (χ2v) is 4.37. The Labute approximate surface area is 101 Å². The molecule has 0 spiro atoms. The zero-order valence-electron chi connectivity index (χ0n) is 10.1. The summed E-state index contributed by atoms with van der Waals surface area (Å²) in [4.78, 5) is 23.9. The number of fused-ring (bicyclic) bond motifs is 1. The van der Waals surface area contributed by atoms with Crippen LogP contribution in [0.1, 0.15) is 29.8 Å². The van der Waals surface area contributed by atoms with Crippen molar-refractivity contribution >= 4 is 11.8 Å². The third-order valence-electron chi connectivity index (χ3n) is 3.33. The number of hydrogen-bond acceptors (Lipinski definition) is 3. The minimum Gasteiger partial charge on any atom is -0.466 e. The number of hydrogen-bond donors (Lipinski definition) is 0. The first kappa shape index (κ1) is 11.8.